The van der Waals surface area contributed by atoms with Crippen LogP contribution < -0.4 is 0 Å². The van der Waals surface area contributed by atoms with Gasteiger partial charge in [0, 0.05) is 18.1 Å². The number of benzene rings is 2. The third-order valence-corrected chi connectivity index (χ3v) is 3.23. The highest BCUT2D eigenvalue weighted by molar-refractivity contribution is 6.13. The highest BCUT2D eigenvalue weighted by Crippen LogP contribution is 2.16. The lowest BCUT2D eigenvalue weighted by Crippen LogP contribution is -2.34. The molecule has 0 aliphatic carbocycles. The van der Waals surface area contributed by atoms with E-state index in [-0.39, 0.29) is 0 Å². The van der Waals surface area contributed by atoms with Crippen LogP contribution in [0, 0.1) is 0 Å². The third kappa shape index (κ3) is 5.84. The molecule has 0 bridgehead atoms. The van der Waals surface area contributed by atoms with Crippen LogP contribution in [0.25, 0.3) is 0 Å². The van der Waals surface area contributed by atoms with E-state index in [4.69, 9.17) is 9.47 Å². The molecule has 5 heteroatoms. The number of carbonyl (C=O) groups excluding carboxylic acids is 2. The first-order valence-corrected chi connectivity index (χ1v) is 8.35. The van der Waals surface area contributed by atoms with Gasteiger partial charge in [0.25, 0.3) is 6.23 Å². The quantitative estimate of drug-likeness (QED) is 0.606. The number of hydrogen-bond acceptors (Lipinski definition) is 5. The lowest BCUT2D eigenvalue weighted by molar-refractivity contribution is -0.174. The summed E-state index contributed by atoms with van der Waals surface area (Å²) in [7, 11) is 0. The molecule has 0 N–H and O–H groups in total. The van der Waals surface area contributed by atoms with Gasteiger partial charge in [-0.15, -0.1) is 0 Å². The van der Waals surface area contributed by atoms with Crippen LogP contribution in [-0.2, 0) is 19.1 Å². The van der Waals surface area contributed by atoms with Crippen molar-refractivity contribution in [2.45, 2.75) is 39.5 Å². The average Bonchev–Trinajstić information content (AvgIpc) is 2.58. The molecule has 0 aliphatic rings. The fraction of sp³-hybridized carbons (Fsp3) is 0.286. The summed E-state index contributed by atoms with van der Waals surface area (Å²) in [4.78, 5) is 28.4. The first-order chi connectivity index (χ1) is 12.3. The van der Waals surface area contributed by atoms with Gasteiger partial charge in [0.2, 0.25) is 0 Å². The lowest BCUT2D eigenvalue weighted by atomic mass is 10.0. The number of nitrogens with zero attached hydrogens (tertiary/aromatic N) is 1. The Hall–Kier alpha value is -2.95. The SMILES string of the molecule is CC(=O)OC(N=C(c1ccccc1)c1ccccc1)C(=O)OC(C)(C)C. The minimum Gasteiger partial charge on any atom is -0.456 e. The summed E-state index contributed by atoms with van der Waals surface area (Å²) in [6, 6.07) is 18.8. The fourth-order valence-corrected chi connectivity index (χ4v) is 2.26. The Labute approximate surface area is 153 Å². The van der Waals surface area contributed by atoms with Crippen LogP contribution in [0.1, 0.15) is 38.8 Å². The van der Waals surface area contributed by atoms with Gasteiger partial charge in [-0.25, -0.2) is 9.79 Å². The van der Waals surface area contributed by atoms with Crippen molar-refractivity contribution in [3.63, 3.8) is 0 Å². The summed E-state index contributed by atoms with van der Waals surface area (Å²) < 4.78 is 10.5. The minimum atomic E-state index is -1.37. The monoisotopic (exact) mass is 353 g/mol. The van der Waals surface area contributed by atoms with Crippen molar-refractivity contribution >= 4 is 17.7 Å². The zero-order chi connectivity index (χ0) is 19.2. The molecule has 0 heterocycles. The molecular formula is C21H23NO4. The van der Waals surface area contributed by atoms with Crippen molar-refractivity contribution in [3.05, 3.63) is 71.8 Å². The molecule has 0 aromatic heterocycles. The van der Waals surface area contributed by atoms with Crippen molar-refractivity contribution in [1.82, 2.24) is 0 Å². The van der Waals surface area contributed by atoms with Gasteiger partial charge in [-0.2, -0.15) is 0 Å². The number of ether oxygens (including phenoxy) is 2. The van der Waals surface area contributed by atoms with Crippen molar-refractivity contribution < 1.29 is 19.1 Å². The van der Waals surface area contributed by atoms with Gasteiger partial charge in [-0.3, -0.25) is 4.79 Å². The molecule has 2 rings (SSSR count). The molecule has 0 radical (unpaired) electrons. The Morgan fingerprint density at radius 2 is 1.35 bits per heavy atom. The Morgan fingerprint density at radius 1 is 0.885 bits per heavy atom. The molecule has 2 aromatic rings. The zero-order valence-electron chi connectivity index (χ0n) is 15.4. The van der Waals surface area contributed by atoms with E-state index in [2.05, 4.69) is 4.99 Å². The van der Waals surface area contributed by atoms with Gasteiger partial charge in [-0.05, 0) is 20.8 Å². The van der Waals surface area contributed by atoms with E-state index in [0.29, 0.717) is 5.71 Å². The van der Waals surface area contributed by atoms with E-state index >= 15 is 0 Å². The second-order valence-corrected chi connectivity index (χ2v) is 6.71. The van der Waals surface area contributed by atoms with Crippen LogP contribution in [0.15, 0.2) is 65.7 Å². The molecular weight excluding hydrogens is 330 g/mol. The minimum absolute atomic E-state index is 0.545. The summed E-state index contributed by atoms with van der Waals surface area (Å²) in [5, 5.41) is 0. The predicted molar refractivity (Wildman–Crippen MR) is 99.9 cm³/mol. The van der Waals surface area contributed by atoms with Crippen LogP contribution in [0.5, 0.6) is 0 Å². The molecule has 0 amide bonds. The molecule has 0 aliphatic heterocycles. The van der Waals surface area contributed by atoms with Crippen LogP contribution in [0.3, 0.4) is 0 Å². The average molecular weight is 353 g/mol. The fourth-order valence-electron chi connectivity index (χ4n) is 2.26. The van der Waals surface area contributed by atoms with Crippen LogP contribution >= 0.6 is 0 Å². The van der Waals surface area contributed by atoms with E-state index in [1.807, 2.05) is 60.7 Å². The maximum absolute atomic E-state index is 12.5. The summed E-state index contributed by atoms with van der Waals surface area (Å²) >= 11 is 0. The van der Waals surface area contributed by atoms with E-state index in [1.54, 1.807) is 20.8 Å². The van der Waals surface area contributed by atoms with Crippen LogP contribution in [0.2, 0.25) is 0 Å². The molecule has 0 spiro atoms. The highest BCUT2D eigenvalue weighted by atomic mass is 16.6. The molecule has 0 fully saturated rings. The molecule has 0 saturated carbocycles. The zero-order valence-corrected chi connectivity index (χ0v) is 15.4. The lowest BCUT2D eigenvalue weighted by Gasteiger charge is -2.22. The largest absolute Gasteiger partial charge is 0.456 e. The third-order valence-electron chi connectivity index (χ3n) is 3.23. The Balaban J connectivity index is 2.49. The van der Waals surface area contributed by atoms with Gasteiger partial charge in [0.15, 0.2) is 0 Å². The number of esters is 2. The number of hydrogen-bond donors (Lipinski definition) is 0. The Kier molecular flexibility index (Phi) is 6.28. The van der Waals surface area contributed by atoms with E-state index in [1.165, 1.54) is 6.92 Å². The molecule has 5 nitrogen and oxygen atoms in total. The molecule has 1 atom stereocenters. The molecule has 0 saturated heterocycles. The van der Waals surface area contributed by atoms with Crippen molar-refractivity contribution in [3.8, 4) is 0 Å². The van der Waals surface area contributed by atoms with Gasteiger partial charge in [-0.1, -0.05) is 60.7 Å². The second-order valence-electron chi connectivity index (χ2n) is 6.71. The van der Waals surface area contributed by atoms with Crippen molar-refractivity contribution in [2.24, 2.45) is 4.99 Å². The first-order valence-electron chi connectivity index (χ1n) is 8.35. The smallest absolute Gasteiger partial charge is 0.371 e. The topological polar surface area (TPSA) is 65.0 Å². The summed E-state index contributed by atoms with van der Waals surface area (Å²) in [6.45, 7) is 6.47. The number of rotatable bonds is 5. The van der Waals surface area contributed by atoms with E-state index in [9.17, 15) is 9.59 Å². The number of aliphatic imine (C=N–C) groups is 1. The molecule has 26 heavy (non-hydrogen) atoms. The van der Waals surface area contributed by atoms with Crippen molar-refractivity contribution in [2.75, 3.05) is 0 Å². The van der Waals surface area contributed by atoms with Crippen molar-refractivity contribution in [1.29, 1.82) is 0 Å². The summed E-state index contributed by atoms with van der Waals surface area (Å²) in [5.74, 6) is -1.32. The predicted octanol–water partition coefficient (Wildman–Crippen LogP) is 3.75. The molecule has 136 valence electrons. The van der Waals surface area contributed by atoms with Gasteiger partial charge in [0.1, 0.15) is 5.60 Å². The van der Waals surface area contributed by atoms with Gasteiger partial charge >= 0.3 is 11.9 Å². The maximum atomic E-state index is 12.5. The maximum Gasteiger partial charge on any atom is 0.371 e. The summed E-state index contributed by atoms with van der Waals surface area (Å²) in [5.41, 5.74) is 1.44. The molecule has 2 aromatic carbocycles. The standard InChI is InChI=1S/C21H23NO4/c1-15(23)25-19(20(24)26-21(2,3)4)22-18(16-11-7-5-8-12-16)17-13-9-6-10-14-17/h5-14,19H,1-4H3. The van der Waals surface area contributed by atoms with Crippen LogP contribution in [0.4, 0.5) is 0 Å². The van der Waals surface area contributed by atoms with Crippen LogP contribution in [-0.4, -0.2) is 29.5 Å². The molecule has 1 unspecified atom stereocenters. The highest BCUT2D eigenvalue weighted by Gasteiger charge is 2.28. The number of carbonyl (C=O) groups is 2. The Morgan fingerprint density at radius 3 is 1.73 bits per heavy atom. The first kappa shape index (κ1) is 19.4. The van der Waals surface area contributed by atoms with E-state index in [0.717, 1.165) is 11.1 Å². The van der Waals surface area contributed by atoms with Gasteiger partial charge < -0.3 is 9.47 Å². The normalized spacial score (nSPS) is 12.0. The van der Waals surface area contributed by atoms with E-state index < -0.39 is 23.8 Å². The second kappa shape index (κ2) is 8.43. The van der Waals surface area contributed by atoms with Gasteiger partial charge in [0.05, 0.1) is 5.71 Å². The summed E-state index contributed by atoms with van der Waals surface area (Å²) in [6.07, 6.45) is -1.37. The Bertz CT molecular complexity index is 735.